The zero-order valence-electron chi connectivity index (χ0n) is 16.7. The van der Waals surface area contributed by atoms with Crippen molar-refractivity contribution in [3.8, 4) is 0 Å². The number of aromatic nitrogens is 1. The molecule has 0 radical (unpaired) electrons. The molecule has 1 aliphatic rings. The number of nitrogens with zero attached hydrogens (tertiary/aromatic N) is 1. The molecule has 0 saturated heterocycles. The molecule has 1 aliphatic carbocycles. The standard InChI is InChI=1S/C20H25ClN4O4/c1-20(2,3)29-19(28)24-7-6-23-15-8-12-16(9-14(15)21)25(11-4-5-11)10-13(17(12)26)18(22)27/h8-11,23H,4-7H2,1-3H3,(H2,22,27)(H,24,28). The second-order valence-corrected chi connectivity index (χ2v) is 8.49. The minimum absolute atomic E-state index is 0.0377. The molecular weight excluding hydrogens is 396 g/mol. The first-order valence-corrected chi connectivity index (χ1v) is 9.83. The van der Waals surface area contributed by atoms with E-state index in [1.807, 2.05) is 4.57 Å². The van der Waals surface area contributed by atoms with Gasteiger partial charge in [-0.3, -0.25) is 9.59 Å². The van der Waals surface area contributed by atoms with Gasteiger partial charge in [-0.15, -0.1) is 0 Å². The third-order valence-electron chi connectivity index (χ3n) is 4.44. The Hall–Kier alpha value is -2.74. The average Bonchev–Trinajstić information content (AvgIpc) is 3.43. The number of carbonyl (C=O) groups is 2. The van der Waals surface area contributed by atoms with E-state index in [-0.39, 0.29) is 11.6 Å². The number of hydrogen-bond acceptors (Lipinski definition) is 5. The molecule has 0 spiro atoms. The predicted molar refractivity (Wildman–Crippen MR) is 113 cm³/mol. The quantitative estimate of drug-likeness (QED) is 0.621. The maximum Gasteiger partial charge on any atom is 0.407 e. The van der Waals surface area contributed by atoms with Crippen LogP contribution < -0.4 is 21.8 Å². The predicted octanol–water partition coefficient (Wildman–Crippen LogP) is 3.03. The van der Waals surface area contributed by atoms with Gasteiger partial charge in [0.25, 0.3) is 5.91 Å². The molecule has 0 bridgehead atoms. The van der Waals surface area contributed by atoms with Crippen LogP contribution in [0, 0.1) is 0 Å². The number of fused-ring (bicyclic) bond motifs is 1. The Labute approximate surface area is 173 Å². The van der Waals surface area contributed by atoms with Crippen molar-refractivity contribution in [1.82, 2.24) is 9.88 Å². The molecule has 1 fully saturated rings. The molecule has 0 atom stereocenters. The van der Waals surface area contributed by atoms with Crippen molar-refractivity contribution in [3.05, 3.63) is 39.1 Å². The van der Waals surface area contributed by atoms with Gasteiger partial charge >= 0.3 is 6.09 Å². The molecular formula is C20H25ClN4O4. The topological polar surface area (TPSA) is 115 Å². The number of carbonyl (C=O) groups excluding carboxylic acids is 2. The van der Waals surface area contributed by atoms with Crippen molar-refractivity contribution in [2.24, 2.45) is 5.73 Å². The fourth-order valence-electron chi connectivity index (χ4n) is 3.01. The summed E-state index contributed by atoms with van der Waals surface area (Å²) in [6.07, 6.45) is 2.97. The Kier molecular flexibility index (Phi) is 5.75. The maximum atomic E-state index is 12.7. The second kappa shape index (κ2) is 7.94. The summed E-state index contributed by atoms with van der Waals surface area (Å²) in [6.45, 7) is 6.03. The molecule has 9 heteroatoms. The molecule has 0 aliphatic heterocycles. The molecule has 2 aromatic rings. The molecule has 3 rings (SSSR count). The highest BCUT2D eigenvalue weighted by atomic mass is 35.5. The lowest BCUT2D eigenvalue weighted by Crippen LogP contribution is -2.35. The van der Waals surface area contributed by atoms with E-state index in [4.69, 9.17) is 22.1 Å². The Morgan fingerprint density at radius 2 is 1.97 bits per heavy atom. The Morgan fingerprint density at radius 1 is 1.28 bits per heavy atom. The van der Waals surface area contributed by atoms with Gasteiger partial charge in [0.15, 0.2) is 0 Å². The third-order valence-corrected chi connectivity index (χ3v) is 4.75. The number of nitrogens with one attached hydrogen (secondary N) is 2. The smallest absolute Gasteiger partial charge is 0.407 e. The van der Waals surface area contributed by atoms with Crippen molar-refractivity contribution < 1.29 is 14.3 Å². The average molecular weight is 421 g/mol. The van der Waals surface area contributed by atoms with Crippen LogP contribution in [0.5, 0.6) is 0 Å². The van der Waals surface area contributed by atoms with E-state index in [0.717, 1.165) is 12.8 Å². The van der Waals surface area contributed by atoms with Crippen LogP contribution >= 0.6 is 11.6 Å². The van der Waals surface area contributed by atoms with Gasteiger partial charge in [0.1, 0.15) is 11.2 Å². The molecule has 1 aromatic carbocycles. The Bertz CT molecular complexity index is 1020. The first-order chi connectivity index (χ1) is 13.6. The van der Waals surface area contributed by atoms with Crippen molar-refractivity contribution in [3.63, 3.8) is 0 Å². The number of amides is 2. The number of ether oxygens (including phenoxy) is 1. The number of anilines is 1. The number of benzene rings is 1. The van der Waals surface area contributed by atoms with Gasteiger partial charge in [-0.25, -0.2) is 4.79 Å². The van der Waals surface area contributed by atoms with E-state index in [1.165, 1.54) is 6.20 Å². The number of hydrogen-bond donors (Lipinski definition) is 3. The van der Waals surface area contributed by atoms with E-state index in [9.17, 15) is 14.4 Å². The summed E-state index contributed by atoms with van der Waals surface area (Å²) in [5.41, 5.74) is 5.56. The Balaban J connectivity index is 1.80. The maximum absolute atomic E-state index is 12.7. The van der Waals surface area contributed by atoms with Crippen molar-refractivity contribution in [2.45, 2.75) is 45.3 Å². The number of rotatable bonds is 6. The van der Waals surface area contributed by atoms with Gasteiger partial charge < -0.3 is 25.7 Å². The molecule has 0 unspecified atom stereocenters. The van der Waals surface area contributed by atoms with Gasteiger partial charge in [-0.05, 0) is 45.7 Å². The summed E-state index contributed by atoms with van der Waals surface area (Å²) >= 11 is 6.40. The minimum atomic E-state index is -0.752. The highest BCUT2D eigenvalue weighted by Gasteiger charge is 2.27. The van der Waals surface area contributed by atoms with Crippen LogP contribution in [0.1, 0.15) is 50.0 Å². The lowest BCUT2D eigenvalue weighted by molar-refractivity contribution is 0.0530. The lowest BCUT2D eigenvalue weighted by Gasteiger charge is -2.20. The molecule has 4 N–H and O–H groups in total. The molecule has 8 nitrogen and oxygen atoms in total. The zero-order valence-corrected chi connectivity index (χ0v) is 17.4. The van der Waals surface area contributed by atoms with Gasteiger partial charge in [0.05, 0.1) is 16.2 Å². The van der Waals surface area contributed by atoms with E-state index in [1.54, 1.807) is 32.9 Å². The SMILES string of the molecule is CC(C)(C)OC(=O)NCCNc1cc2c(=O)c(C(N)=O)cn(C3CC3)c2cc1Cl. The Morgan fingerprint density at radius 3 is 2.55 bits per heavy atom. The molecule has 1 saturated carbocycles. The first kappa shape index (κ1) is 21.0. The van der Waals surface area contributed by atoms with Crippen LogP contribution in [0.4, 0.5) is 10.5 Å². The van der Waals surface area contributed by atoms with Crippen molar-refractivity contribution >= 4 is 40.2 Å². The zero-order chi connectivity index (χ0) is 21.3. The fraction of sp³-hybridized carbons (Fsp3) is 0.450. The van der Waals surface area contributed by atoms with E-state index in [2.05, 4.69) is 10.6 Å². The molecule has 1 aromatic heterocycles. The van der Waals surface area contributed by atoms with Gasteiger partial charge in [-0.1, -0.05) is 11.6 Å². The summed E-state index contributed by atoms with van der Waals surface area (Å²) in [4.78, 5) is 36.1. The van der Waals surface area contributed by atoms with Crippen molar-refractivity contribution in [2.75, 3.05) is 18.4 Å². The van der Waals surface area contributed by atoms with E-state index < -0.39 is 23.0 Å². The first-order valence-electron chi connectivity index (χ1n) is 9.46. The summed E-state index contributed by atoms with van der Waals surface area (Å²) < 4.78 is 7.07. The van der Waals surface area contributed by atoms with E-state index >= 15 is 0 Å². The van der Waals surface area contributed by atoms with Crippen LogP contribution in [-0.2, 0) is 4.74 Å². The van der Waals surface area contributed by atoms with Gasteiger partial charge in [-0.2, -0.15) is 0 Å². The van der Waals surface area contributed by atoms with Gasteiger partial charge in [0.2, 0.25) is 5.43 Å². The van der Waals surface area contributed by atoms with Crippen molar-refractivity contribution in [1.29, 1.82) is 0 Å². The van der Waals surface area contributed by atoms with Crippen LogP contribution in [0.3, 0.4) is 0 Å². The number of nitrogens with two attached hydrogens (primary N) is 1. The molecule has 1 heterocycles. The summed E-state index contributed by atoms with van der Waals surface area (Å²) in [5.74, 6) is -0.752. The number of primary amides is 1. The fourth-order valence-corrected chi connectivity index (χ4v) is 3.24. The normalized spacial score (nSPS) is 13.9. The lowest BCUT2D eigenvalue weighted by atomic mass is 10.1. The minimum Gasteiger partial charge on any atom is -0.444 e. The third kappa shape index (κ3) is 5.00. The van der Waals surface area contributed by atoms with E-state index in [0.29, 0.717) is 34.7 Å². The monoisotopic (exact) mass is 420 g/mol. The second-order valence-electron chi connectivity index (χ2n) is 8.08. The molecule has 156 valence electrons. The molecule has 29 heavy (non-hydrogen) atoms. The summed E-state index contributed by atoms with van der Waals surface area (Å²) in [6, 6.07) is 3.58. The number of pyridine rings is 1. The highest BCUT2D eigenvalue weighted by molar-refractivity contribution is 6.34. The number of halogens is 1. The summed E-state index contributed by atoms with van der Waals surface area (Å²) in [5, 5.41) is 6.55. The number of alkyl carbamates (subject to hydrolysis) is 1. The van der Waals surface area contributed by atoms with Crippen LogP contribution in [0.25, 0.3) is 10.9 Å². The van der Waals surface area contributed by atoms with Crippen LogP contribution in [0.15, 0.2) is 23.1 Å². The highest BCUT2D eigenvalue weighted by Crippen LogP contribution is 2.38. The summed E-state index contributed by atoms with van der Waals surface area (Å²) in [7, 11) is 0. The largest absolute Gasteiger partial charge is 0.444 e. The van der Waals surface area contributed by atoms with Crippen LogP contribution in [0.2, 0.25) is 5.02 Å². The van der Waals surface area contributed by atoms with Gasteiger partial charge in [0, 0.05) is 30.7 Å². The molecule has 2 amide bonds. The van der Waals surface area contributed by atoms with Crippen LogP contribution in [-0.4, -0.2) is 35.3 Å².